The van der Waals surface area contributed by atoms with Gasteiger partial charge in [0.05, 0.1) is 12.3 Å². The highest BCUT2D eigenvalue weighted by molar-refractivity contribution is 5.53. The number of fused-ring (bicyclic) bond motifs is 1. The third-order valence-electron chi connectivity index (χ3n) is 6.91. The lowest BCUT2D eigenvalue weighted by atomic mass is 9.94. The first kappa shape index (κ1) is 34.4. The van der Waals surface area contributed by atoms with E-state index in [-0.39, 0.29) is 12.2 Å². The minimum atomic E-state index is -0.537. The van der Waals surface area contributed by atoms with Gasteiger partial charge in [-0.1, -0.05) is 65.3 Å². The van der Waals surface area contributed by atoms with Crippen LogP contribution in [-0.4, -0.2) is 74.9 Å². The van der Waals surface area contributed by atoms with Gasteiger partial charge in [0.2, 0.25) is 5.95 Å². The summed E-state index contributed by atoms with van der Waals surface area (Å²) in [6.07, 6.45) is 13.4. The van der Waals surface area contributed by atoms with Gasteiger partial charge in [-0.3, -0.25) is 5.32 Å². The molecule has 10 heteroatoms. The SMILES string of the molecule is C=CC(O)NCC.CCCC(O)CC1=CCCC(CNc2nc(OC(CC)CCNC)nc3c(C(C)C)cnn23)=C1. The highest BCUT2D eigenvalue weighted by Gasteiger charge is 2.18. The lowest BCUT2D eigenvalue weighted by Gasteiger charge is -2.19. The van der Waals surface area contributed by atoms with Gasteiger partial charge in [-0.2, -0.15) is 19.6 Å². The minimum Gasteiger partial charge on any atom is -0.460 e. The number of hydrogen-bond donors (Lipinski definition) is 5. The molecule has 0 amide bonds. The Kier molecular flexibility index (Phi) is 15.6. The maximum absolute atomic E-state index is 10.2. The van der Waals surface area contributed by atoms with Crippen molar-refractivity contribution in [1.29, 1.82) is 0 Å². The van der Waals surface area contributed by atoms with Gasteiger partial charge in [0.25, 0.3) is 0 Å². The molecule has 0 radical (unpaired) electrons. The van der Waals surface area contributed by atoms with Gasteiger partial charge in [-0.05, 0) is 76.2 Å². The summed E-state index contributed by atoms with van der Waals surface area (Å²) < 4.78 is 7.98. The van der Waals surface area contributed by atoms with Crippen molar-refractivity contribution < 1.29 is 14.9 Å². The zero-order valence-electron chi connectivity index (χ0n) is 26.0. The molecule has 0 aromatic carbocycles. The normalized spacial score (nSPS) is 15.4. The fourth-order valence-electron chi connectivity index (χ4n) is 4.56. The van der Waals surface area contributed by atoms with Crippen LogP contribution in [-0.2, 0) is 0 Å². The molecule has 1 aliphatic rings. The Morgan fingerprint density at radius 3 is 2.56 bits per heavy atom. The molecule has 2 aromatic heterocycles. The smallest absolute Gasteiger partial charge is 0.322 e. The molecular formula is C31H53N7O3. The lowest BCUT2D eigenvalue weighted by molar-refractivity contribution is 0.164. The molecule has 2 aromatic rings. The fourth-order valence-corrected chi connectivity index (χ4v) is 4.56. The molecule has 3 unspecified atom stereocenters. The van der Waals surface area contributed by atoms with Crippen LogP contribution in [0, 0.1) is 0 Å². The number of aliphatic hydroxyl groups excluding tert-OH is 2. The molecule has 0 fully saturated rings. The van der Waals surface area contributed by atoms with Crippen LogP contribution in [0.25, 0.3) is 5.65 Å². The number of anilines is 1. The van der Waals surface area contributed by atoms with E-state index in [1.807, 2.05) is 20.2 Å². The average molecular weight is 572 g/mol. The maximum atomic E-state index is 10.2. The van der Waals surface area contributed by atoms with Gasteiger partial charge in [-0.15, -0.1) is 0 Å². The van der Waals surface area contributed by atoms with Crippen LogP contribution < -0.4 is 20.7 Å². The summed E-state index contributed by atoms with van der Waals surface area (Å²) in [5.74, 6) is 0.932. The highest BCUT2D eigenvalue weighted by atomic mass is 16.5. The van der Waals surface area contributed by atoms with Crippen molar-refractivity contribution >= 4 is 11.6 Å². The Bertz CT molecular complexity index is 1110. The summed E-state index contributed by atoms with van der Waals surface area (Å²) in [6, 6.07) is 0.390. The van der Waals surface area contributed by atoms with E-state index in [1.54, 1.807) is 4.52 Å². The van der Waals surface area contributed by atoms with Crippen molar-refractivity contribution in [3.05, 3.63) is 47.7 Å². The highest BCUT2D eigenvalue weighted by Crippen LogP contribution is 2.25. The Morgan fingerprint density at radius 2 is 1.95 bits per heavy atom. The zero-order valence-corrected chi connectivity index (χ0v) is 26.0. The molecule has 0 aliphatic heterocycles. The van der Waals surface area contributed by atoms with E-state index in [2.05, 4.69) is 67.5 Å². The fraction of sp³-hybridized carbons (Fsp3) is 0.645. The molecule has 3 atom stereocenters. The lowest BCUT2D eigenvalue weighted by Crippen LogP contribution is -2.25. The Balaban J connectivity index is 0.000000745. The molecule has 230 valence electrons. The van der Waals surface area contributed by atoms with E-state index in [4.69, 9.17) is 19.8 Å². The van der Waals surface area contributed by atoms with Crippen LogP contribution in [0.1, 0.15) is 91.0 Å². The first-order valence-electron chi connectivity index (χ1n) is 15.2. The predicted molar refractivity (Wildman–Crippen MR) is 167 cm³/mol. The van der Waals surface area contributed by atoms with Gasteiger partial charge in [-0.25, -0.2) is 0 Å². The monoisotopic (exact) mass is 571 g/mol. The third-order valence-corrected chi connectivity index (χ3v) is 6.91. The van der Waals surface area contributed by atoms with Gasteiger partial charge >= 0.3 is 6.01 Å². The molecule has 10 nitrogen and oxygen atoms in total. The number of aromatic nitrogens is 4. The molecule has 0 saturated carbocycles. The Hall–Kier alpha value is -2.79. The molecule has 1 aliphatic carbocycles. The summed E-state index contributed by atoms with van der Waals surface area (Å²) in [4.78, 5) is 9.42. The second kappa shape index (κ2) is 18.6. The number of rotatable bonds is 17. The van der Waals surface area contributed by atoms with Crippen molar-refractivity contribution in [2.75, 3.05) is 32.0 Å². The second-order valence-electron chi connectivity index (χ2n) is 10.7. The van der Waals surface area contributed by atoms with Gasteiger partial charge in [0.1, 0.15) is 12.3 Å². The summed E-state index contributed by atoms with van der Waals surface area (Å²) in [5.41, 5.74) is 4.38. The molecular weight excluding hydrogens is 518 g/mol. The van der Waals surface area contributed by atoms with Crippen molar-refractivity contribution in [3.63, 3.8) is 0 Å². The molecule has 0 spiro atoms. The van der Waals surface area contributed by atoms with Crippen LogP contribution >= 0.6 is 0 Å². The number of allylic oxidation sites excluding steroid dienone is 2. The zero-order chi connectivity index (χ0) is 30.2. The molecule has 2 heterocycles. The van der Waals surface area contributed by atoms with E-state index in [0.29, 0.717) is 24.4 Å². The topological polar surface area (TPSA) is 129 Å². The molecule has 0 bridgehead atoms. The van der Waals surface area contributed by atoms with E-state index < -0.39 is 6.23 Å². The van der Waals surface area contributed by atoms with Crippen molar-refractivity contribution in [1.82, 2.24) is 30.2 Å². The summed E-state index contributed by atoms with van der Waals surface area (Å²) in [7, 11) is 1.95. The number of ether oxygens (including phenoxy) is 1. The van der Waals surface area contributed by atoms with Crippen LogP contribution in [0.15, 0.2) is 42.2 Å². The first-order valence-corrected chi connectivity index (χ1v) is 15.2. The number of nitrogens with one attached hydrogen (secondary N) is 3. The van der Waals surface area contributed by atoms with E-state index in [1.165, 1.54) is 17.2 Å². The maximum Gasteiger partial charge on any atom is 0.322 e. The summed E-state index contributed by atoms with van der Waals surface area (Å²) in [5, 5.41) is 32.8. The Labute approximate surface area is 246 Å². The number of nitrogens with zero attached hydrogens (tertiary/aromatic N) is 4. The van der Waals surface area contributed by atoms with Crippen molar-refractivity contribution in [2.45, 2.75) is 104 Å². The predicted octanol–water partition coefficient (Wildman–Crippen LogP) is 4.72. The molecule has 5 N–H and O–H groups in total. The van der Waals surface area contributed by atoms with Crippen LogP contribution in [0.2, 0.25) is 0 Å². The number of hydrogen-bond acceptors (Lipinski definition) is 9. The van der Waals surface area contributed by atoms with Crippen LogP contribution in [0.4, 0.5) is 5.95 Å². The largest absolute Gasteiger partial charge is 0.460 e. The molecule has 0 saturated heterocycles. The van der Waals surface area contributed by atoms with E-state index in [0.717, 1.165) is 69.2 Å². The Morgan fingerprint density at radius 1 is 1.17 bits per heavy atom. The van der Waals surface area contributed by atoms with Gasteiger partial charge < -0.3 is 25.6 Å². The average Bonchev–Trinajstić information content (AvgIpc) is 3.39. The third kappa shape index (κ3) is 11.5. The van der Waals surface area contributed by atoms with Crippen molar-refractivity contribution in [3.8, 4) is 6.01 Å². The summed E-state index contributed by atoms with van der Waals surface area (Å²) in [6.45, 7) is 16.1. The van der Waals surface area contributed by atoms with E-state index >= 15 is 0 Å². The minimum absolute atomic E-state index is 0.0523. The van der Waals surface area contributed by atoms with Crippen LogP contribution in [0.5, 0.6) is 6.01 Å². The van der Waals surface area contributed by atoms with Crippen LogP contribution in [0.3, 0.4) is 0 Å². The van der Waals surface area contributed by atoms with Gasteiger partial charge in [0.15, 0.2) is 5.65 Å². The quantitative estimate of drug-likeness (QED) is 0.135. The molecule has 3 rings (SSSR count). The standard InChI is InChI=1S/C26H42N6O2.C5H11NO/c1-6-9-21(33)15-19-10-8-11-20(14-19)16-28-25-31-26(34-22(7-2)12-13-27-5)30-24-23(18(3)4)17-29-32(24)25;1-3-5(7)6-4-2/h10,14,17-18,21-22,27,33H,6-9,11-13,15-16H2,1-5H3,(H,28,30,31);3,5-7H,1,4H2,2H3. The molecule has 41 heavy (non-hydrogen) atoms. The van der Waals surface area contributed by atoms with Crippen molar-refractivity contribution in [2.24, 2.45) is 0 Å². The first-order chi connectivity index (χ1) is 19.8. The number of likely N-dealkylation sites (N-methyl/N-ethyl adjacent to an activating group) is 1. The second-order valence-corrected chi connectivity index (χ2v) is 10.7. The van der Waals surface area contributed by atoms with Gasteiger partial charge in [0, 0.05) is 12.1 Å². The van der Waals surface area contributed by atoms with E-state index in [9.17, 15) is 5.11 Å². The summed E-state index contributed by atoms with van der Waals surface area (Å²) >= 11 is 0. The number of aliphatic hydroxyl groups is 2.